The number of allylic oxidation sites excluding steroid dienone is 5. The van der Waals surface area contributed by atoms with Crippen molar-refractivity contribution in [2.75, 3.05) is 101 Å². The second kappa shape index (κ2) is 67.3. The number of esters is 1. The Kier molecular flexibility index (Phi) is 64.7. The van der Waals surface area contributed by atoms with Gasteiger partial charge in [-0.2, -0.15) is 19.2 Å². The van der Waals surface area contributed by atoms with Crippen molar-refractivity contribution in [2.45, 2.75) is 180 Å². The first kappa shape index (κ1) is 120. The van der Waals surface area contributed by atoms with E-state index in [0.717, 1.165) is 43.3 Å². The molecule has 2 aromatic rings. The van der Waals surface area contributed by atoms with Gasteiger partial charge in [-0.3, -0.25) is 19.2 Å². The maximum absolute atomic E-state index is 13.1. The van der Waals surface area contributed by atoms with Crippen molar-refractivity contribution in [3.05, 3.63) is 120 Å². The predicted octanol–water partition coefficient (Wildman–Crippen LogP) is -1.16. The number of carbonyl (C=O) groups excluding carboxylic acids is 12. The molecule has 0 saturated carbocycles. The first-order valence-electron chi connectivity index (χ1n) is 38.9. The predicted molar refractivity (Wildman–Crippen MR) is 448 cm³/mol. The Morgan fingerprint density at radius 1 is 0.696 bits per heavy atom. The number of nitrogens with zero attached hydrogens (tertiary/aromatic N) is 4. The molecule has 706 valence electrons. The molecule has 5 aliphatic rings. The molecule has 12 atom stereocenters. The van der Waals surface area contributed by atoms with E-state index in [1.165, 1.54) is 56.3 Å². The molecule has 44 nitrogen and oxygen atoms in total. The van der Waals surface area contributed by atoms with Crippen molar-refractivity contribution in [1.82, 2.24) is 35.6 Å². The minimum absolute atomic E-state index is 0. The van der Waals surface area contributed by atoms with Crippen molar-refractivity contribution in [2.24, 2.45) is 40.9 Å². The molecule has 0 spiro atoms. The van der Waals surface area contributed by atoms with Crippen LogP contribution in [0.1, 0.15) is 97.3 Å². The summed E-state index contributed by atoms with van der Waals surface area (Å²) in [5, 5.41) is 118. The van der Waals surface area contributed by atoms with E-state index in [-0.39, 0.29) is 128 Å². The van der Waals surface area contributed by atoms with Gasteiger partial charge in [0.2, 0.25) is 18.1 Å². The SMILES string of the molecule is C=C1C=CC(=N)C=C1.CCC(=O)OCc1ccc(CC(=O)[C@H](CCCNC(N)=O)NC(=O)[C@@H](CC(C)C)C(C)C)cc1.CN.CN1CCN(C)C1=O.CO.COC(=O)N(C)CCN(C)C(=O)OCc1ccc(OC2OC(C(=O)O)C(O)C(O)C2O)c(NC(=O)CCNC(C)C)c1.NC1C=CC(CO)C=C1.O.O=C(O)C1OC(O)C(O)C(O)C1O.O=C=O.O=C=O. The number of nitrogens with one attached hydrogen (secondary N) is 5. The number of methoxy groups -OCH3 is 1. The van der Waals surface area contributed by atoms with Crippen LogP contribution in [0.3, 0.4) is 0 Å². The number of carboxylic acid groups (broad SMARTS) is 2. The summed E-state index contributed by atoms with van der Waals surface area (Å²) in [6.07, 6.45) is -1.67. The Balaban J connectivity index is -0.000000769. The lowest BCUT2D eigenvalue weighted by Crippen LogP contribution is -2.61. The fourth-order valence-electron chi connectivity index (χ4n) is 10.5. The van der Waals surface area contributed by atoms with Crippen molar-refractivity contribution in [3.63, 3.8) is 0 Å². The highest BCUT2D eigenvalue weighted by Crippen LogP contribution is 2.32. The van der Waals surface area contributed by atoms with Crippen LogP contribution >= 0.6 is 0 Å². The summed E-state index contributed by atoms with van der Waals surface area (Å²) in [5.74, 6) is -3.48. The molecule has 3 heterocycles. The number of likely N-dealkylation sites (N-methyl/N-ethyl adjacent to an activating group) is 4. The first-order chi connectivity index (χ1) is 58.4. The van der Waals surface area contributed by atoms with Gasteiger partial charge >= 0.3 is 54.5 Å². The van der Waals surface area contributed by atoms with Gasteiger partial charge in [0.15, 0.2) is 24.3 Å². The maximum atomic E-state index is 13.1. The number of rotatable bonds is 30. The molecular formula is C81H130N12O32. The molecule has 0 aromatic heterocycles. The van der Waals surface area contributed by atoms with Gasteiger partial charge in [-0.15, -0.1) is 0 Å². The molecule has 0 radical (unpaired) electrons. The topological polar surface area (TPSA) is 711 Å². The lowest BCUT2D eigenvalue weighted by Gasteiger charge is -2.38. The fraction of sp³-hybridized carbons (Fsp3) is 0.568. The number of carboxylic acids is 2. The zero-order valence-corrected chi connectivity index (χ0v) is 72.9. The van der Waals surface area contributed by atoms with Gasteiger partial charge in [-0.05, 0) is 84.7 Å². The highest BCUT2D eigenvalue weighted by molar-refractivity contribution is 6.03. The number of ketones is 1. The third-order valence-electron chi connectivity index (χ3n) is 17.4. The van der Waals surface area contributed by atoms with E-state index < -0.39 is 104 Å². The second-order valence-electron chi connectivity index (χ2n) is 28.3. The van der Waals surface area contributed by atoms with Crippen molar-refractivity contribution in [1.29, 1.82) is 5.41 Å². The number of hydrogen-bond donors (Lipinski definition) is 19. The number of aliphatic hydroxyl groups is 9. The molecule has 125 heavy (non-hydrogen) atoms. The Morgan fingerprint density at radius 3 is 1.63 bits per heavy atom. The molecule has 24 N–H and O–H groups in total. The van der Waals surface area contributed by atoms with Crippen LogP contribution < -0.4 is 43.2 Å². The number of nitrogens with two attached hydrogens (primary N) is 3. The number of carbonyl (C=O) groups is 10. The Bertz CT molecular complexity index is 3700. The largest absolute Gasteiger partial charge is 0.479 e. The smallest absolute Gasteiger partial charge is 0.409 e. The van der Waals surface area contributed by atoms with Gasteiger partial charge in [0.25, 0.3) is 0 Å². The molecule has 7 rings (SSSR count). The van der Waals surface area contributed by atoms with Crippen LogP contribution in [0, 0.1) is 29.1 Å². The minimum atomic E-state index is -1.90. The van der Waals surface area contributed by atoms with E-state index in [4.69, 9.17) is 90.7 Å². The van der Waals surface area contributed by atoms with Gasteiger partial charge in [-0.1, -0.05) is 122 Å². The number of Topliss-reactive ketones (excluding diaryl/α,β-unsaturated/α-hetero) is 1. The number of urea groups is 2. The fourth-order valence-corrected chi connectivity index (χ4v) is 10.5. The number of ether oxygens (including phenoxy) is 6. The average molecular weight is 1780 g/mol. The minimum Gasteiger partial charge on any atom is -0.479 e. The van der Waals surface area contributed by atoms with E-state index in [9.17, 15) is 68.4 Å². The molecule has 2 aromatic carbocycles. The van der Waals surface area contributed by atoms with Crippen LogP contribution in [0.2, 0.25) is 0 Å². The summed E-state index contributed by atoms with van der Waals surface area (Å²) in [4.78, 5) is 156. The second-order valence-corrected chi connectivity index (χ2v) is 28.3. The maximum Gasteiger partial charge on any atom is 0.409 e. The van der Waals surface area contributed by atoms with Crippen LogP contribution in [-0.4, -0.2) is 334 Å². The highest BCUT2D eigenvalue weighted by Gasteiger charge is 2.49. The summed E-state index contributed by atoms with van der Waals surface area (Å²) in [5.41, 5.74) is 18.8. The number of hydrogen-bond acceptors (Lipinski definition) is 33. The number of anilines is 1. The quantitative estimate of drug-likeness (QED) is 0.0190. The molecule has 8 amide bonds. The van der Waals surface area contributed by atoms with Gasteiger partial charge in [-0.25, -0.2) is 28.8 Å². The van der Waals surface area contributed by atoms with Crippen molar-refractivity contribution >= 4 is 83.5 Å². The Morgan fingerprint density at radius 2 is 1.18 bits per heavy atom. The van der Waals surface area contributed by atoms with Crippen LogP contribution in [0.4, 0.5) is 24.9 Å². The number of amides is 8. The molecular weight excluding hydrogens is 1650 g/mol. The van der Waals surface area contributed by atoms with E-state index in [0.29, 0.717) is 49.5 Å². The average Bonchev–Trinajstić information content (AvgIpc) is 0.909. The number of primary amides is 1. The summed E-state index contributed by atoms with van der Waals surface area (Å²) < 4.78 is 30.2. The van der Waals surface area contributed by atoms with Gasteiger partial charge in [0.05, 0.1) is 31.2 Å². The van der Waals surface area contributed by atoms with Crippen LogP contribution in [0.25, 0.3) is 0 Å². The molecule has 3 aliphatic heterocycles. The first-order valence-corrected chi connectivity index (χ1v) is 38.9. The number of aliphatic hydroxyl groups excluding tert-OH is 9. The number of benzene rings is 2. The van der Waals surface area contributed by atoms with E-state index in [2.05, 4.69) is 56.9 Å². The Labute approximate surface area is 725 Å². The van der Waals surface area contributed by atoms with Gasteiger partial charge in [0, 0.05) is 118 Å². The molecule has 3 saturated heterocycles. The third kappa shape index (κ3) is 49.8. The standard InChI is InChI=1S/C26H40N4O12.C26H41N3O5.C7H11NO.C7H7N.C6H10O7.C5H10N2O.CH5N.2CO2.CH4O.H2O/c1-14(2)27-9-8-18(31)28-16-12-15(13-40-26(38)30(4)11-10-29(3)25(37)39-5)6-7-17(16)41-24-21(34)19(32)20(33)22(42-24)23(35)36;1-6-24(31)34-16-20-11-9-19(10-12-20)15-23(30)22(8-7-13-28-26(27)33)29-25(32)21(18(4)5)14-17(2)3;8-7-3-1-6(5-9)2-4-7;1-6-2-4-7(8)5-3-6;7-1-2(8)4(5(10)11)13-6(12)3(1)9;1-6-3-4-7(2)5(6)8;1-2;2*2-1-3;1-2;/h6-7,12,14,19-22,24,27,32-34H,8-11,13H2,1-5H3,(H,28,31)(H,35,36);9-12,17-18,21-22H,6-8,13-16H2,1-5H3,(H,29,32)(H3,27,28,33);1-4,6-7,9H,5,8H2;2-5,8H,1H2;1-4,6-9,12H,(H,10,11);3-4H2,1-2H3;2H2,1H3;;;2H,1H3;1H2/t;21-,22-;;;;;;;;;/m.0........./s1. The summed E-state index contributed by atoms with van der Waals surface area (Å²) in [6.45, 7) is 20.4. The lowest BCUT2D eigenvalue weighted by molar-refractivity contribution is -0.279. The molecule has 10 unspecified atom stereocenters. The zero-order valence-electron chi connectivity index (χ0n) is 72.9. The monoisotopic (exact) mass is 1780 g/mol. The highest BCUT2D eigenvalue weighted by atomic mass is 16.7. The van der Waals surface area contributed by atoms with Crippen molar-refractivity contribution in [3.8, 4) is 5.75 Å². The van der Waals surface area contributed by atoms with Crippen LogP contribution in [0.5, 0.6) is 5.75 Å². The normalized spacial score (nSPS) is 20.6. The lowest BCUT2D eigenvalue weighted by atomic mass is 9.86. The van der Waals surface area contributed by atoms with Crippen LogP contribution in [-0.2, 0) is 91.3 Å². The number of aliphatic carboxylic acids is 2. The molecule has 3 fully saturated rings. The summed E-state index contributed by atoms with van der Waals surface area (Å²) >= 11 is 0. The van der Waals surface area contributed by atoms with E-state index in [1.807, 2.05) is 103 Å². The van der Waals surface area contributed by atoms with E-state index in [1.54, 1.807) is 28.9 Å². The molecule has 0 bridgehead atoms. The van der Waals surface area contributed by atoms with E-state index >= 15 is 0 Å². The third-order valence-corrected chi connectivity index (χ3v) is 17.4. The Hall–Kier alpha value is -11.1. The summed E-state index contributed by atoms with van der Waals surface area (Å²) in [7, 11) is 10.4. The zero-order chi connectivity index (χ0) is 95.6. The van der Waals surface area contributed by atoms with Crippen LogP contribution in [0.15, 0.2) is 103 Å². The summed E-state index contributed by atoms with van der Waals surface area (Å²) in [6, 6.07) is 10.7. The van der Waals surface area contributed by atoms with Gasteiger partial charge in [0.1, 0.15) is 55.6 Å². The molecule has 44 heteroatoms. The van der Waals surface area contributed by atoms with Gasteiger partial charge < -0.3 is 154 Å². The van der Waals surface area contributed by atoms with Crippen molar-refractivity contribution < 1.29 is 157 Å². The molecule has 2 aliphatic carbocycles.